The van der Waals surface area contributed by atoms with Crippen LogP contribution in [0.25, 0.3) is 11.0 Å². The third-order valence-electron chi connectivity index (χ3n) is 4.23. The van der Waals surface area contributed by atoms with Gasteiger partial charge in [0, 0.05) is 19.0 Å². The highest BCUT2D eigenvalue weighted by Gasteiger charge is 2.29. The first kappa shape index (κ1) is 16.3. The topological polar surface area (TPSA) is 89.5 Å². The van der Waals surface area contributed by atoms with Crippen LogP contribution in [0.5, 0.6) is 0 Å². The summed E-state index contributed by atoms with van der Waals surface area (Å²) in [4.78, 5) is 21.7. The van der Waals surface area contributed by atoms with Gasteiger partial charge in [0.25, 0.3) is 0 Å². The molecule has 2 atom stereocenters. The molecule has 3 rings (SSSR count). The van der Waals surface area contributed by atoms with E-state index in [9.17, 15) is 15.0 Å². The number of aliphatic hydroxyl groups is 2. The number of rotatable bonds is 4. The number of nitrogens with zero attached hydrogens (tertiary/aromatic N) is 2. The summed E-state index contributed by atoms with van der Waals surface area (Å²) in [5, 5.41) is 19.7. The van der Waals surface area contributed by atoms with Crippen molar-refractivity contribution in [2.24, 2.45) is 5.92 Å². The summed E-state index contributed by atoms with van der Waals surface area (Å²) in [7, 11) is 0. The fraction of sp³-hybridized carbons (Fsp3) is 0.500. The van der Waals surface area contributed by atoms with E-state index < -0.39 is 6.10 Å². The van der Waals surface area contributed by atoms with Gasteiger partial charge in [-0.2, -0.15) is 0 Å². The lowest BCUT2D eigenvalue weighted by molar-refractivity contribution is -0.132. The van der Waals surface area contributed by atoms with Crippen LogP contribution in [-0.4, -0.2) is 62.5 Å². The van der Waals surface area contributed by atoms with E-state index in [1.54, 1.807) is 4.90 Å². The van der Waals surface area contributed by atoms with Crippen LogP contribution >= 0.6 is 11.8 Å². The number of carbonyl (C=O) groups excluding carboxylic acids is 1. The lowest BCUT2D eigenvalue weighted by Gasteiger charge is -2.35. The lowest BCUT2D eigenvalue weighted by Crippen LogP contribution is -2.47. The van der Waals surface area contributed by atoms with Gasteiger partial charge in [-0.3, -0.25) is 4.79 Å². The molecule has 0 radical (unpaired) electrons. The molecule has 1 aromatic carbocycles. The fourth-order valence-electron chi connectivity index (χ4n) is 2.82. The molecule has 7 heteroatoms. The van der Waals surface area contributed by atoms with Crippen molar-refractivity contribution in [3.63, 3.8) is 0 Å². The summed E-state index contributed by atoms with van der Waals surface area (Å²) in [6.45, 7) is 2.88. The van der Waals surface area contributed by atoms with E-state index in [2.05, 4.69) is 9.97 Å². The van der Waals surface area contributed by atoms with E-state index in [0.29, 0.717) is 25.3 Å². The van der Waals surface area contributed by atoms with E-state index in [1.165, 1.54) is 11.8 Å². The van der Waals surface area contributed by atoms with Crippen LogP contribution in [0.15, 0.2) is 23.4 Å². The molecule has 0 spiro atoms. The number of aromatic nitrogens is 2. The van der Waals surface area contributed by atoms with E-state index >= 15 is 0 Å². The highest BCUT2D eigenvalue weighted by molar-refractivity contribution is 7.99. The number of aromatic amines is 1. The van der Waals surface area contributed by atoms with Crippen molar-refractivity contribution >= 4 is 28.7 Å². The van der Waals surface area contributed by atoms with E-state index in [4.69, 9.17) is 0 Å². The van der Waals surface area contributed by atoms with Gasteiger partial charge in [-0.25, -0.2) is 4.98 Å². The zero-order chi connectivity index (χ0) is 16.4. The smallest absolute Gasteiger partial charge is 0.233 e. The number of hydrogen-bond donors (Lipinski definition) is 3. The Balaban J connectivity index is 1.59. The third kappa shape index (κ3) is 3.68. The molecule has 23 heavy (non-hydrogen) atoms. The second-order valence-electron chi connectivity index (χ2n) is 5.99. The highest BCUT2D eigenvalue weighted by Crippen LogP contribution is 2.22. The minimum absolute atomic E-state index is 0.0111. The molecule has 2 aromatic rings. The number of aryl methyl sites for hydroxylation is 1. The van der Waals surface area contributed by atoms with Crippen molar-refractivity contribution in [3.05, 3.63) is 23.8 Å². The maximum absolute atomic E-state index is 12.3. The molecule has 1 aliphatic rings. The minimum Gasteiger partial charge on any atom is -0.396 e. The molecule has 2 heterocycles. The molecule has 124 valence electrons. The van der Waals surface area contributed by atoms with E-state index in [1.807, 2.05) is 25.1 Å². The van der Waals surface area contributed by atoms with Crippen LogP contribution in [0.4, 0.5) is 0 Å². The van der Waals surface area contributed by atoms with Crippen molar-refractivity contribution in [3.8, 4) is 0 Å². The number of benzene rings is 1. The van der Waals surface area contributed by atoms with Crippen molar-refractivity contribution in [1.29, 1.82) is 0 Å². The Morgan fingerprint density at radius 2 is 2.35 bits per heavy atom. The summed E-state index contributed by atoms with van der Waals surface area (Å²) in [5.41, 5.74) is 3.03. The van der Waals surface area contributed by atoms with Crippen molar-refractivity contribution in [2.75, 3.05) is 25.4 Å². The first-order valence-corrected chi connectivity index (χ1v) is 8.71. The number of carbonyl (C=O) groups is 1. The Morgan fingerprint density at radius 3 is 3.13 bits per heavy atom. The predicted molar refractivity (Wildman–Crippen MR) is 89.3 cm³/mol. The molecule has 1 fully saturated rings. The highest BCUT2D eigenvalue weighted by atomic mass is 32.2. The number of nitrogens with one attached hydrogen (secondary N) is 1. The molecule has 6 nitrogen and oxygen atoms in total. The predicted octanol–water partition coefficient (Wildman–Crippen LogP) is 1.17. The van der Waals surface area contributed by atoms with Gasteiger partial charge in [0.15, 0.2) is 5.16 Å². The first-order valence-electron chi connectivity index (χ1n) is 7.72. The van der Waals surface area contributed by atoms with Crippen molar-refractivity contribution in [2.45, 2.75) is 24.6 Å². The molecule has 1 aromatic heterocycles. The quantitative estimate of drug-likeness (QED) is 0.730. The van der Waals surface area contributed by atoms with Crippen LogP contribution in [0.3, 0.4) is 0 Å². The molecule has 1 amide bonds. The van der Waals surface area contributed by atoms with Crippen LogP contribution in [0.2, 0.25) is 0 Å². The number of piperidine rings is 1. The van der Waals surface area contributed by atoms with E-state index in [0.717, 1.165) is 21.8 Å². The maximum Gasteiger partial charge on any atom is 0.233 e. The fourth-order valence-corrected chi connectivity index (χ4v) is 3.60. The van der Waals surface area contributed by atoms with Crippen LogP contribution in [-0.2, 0) is 4.79 Å². The van der Waals surface area contributed by atoms with Crippen LogP contribution in [0, 0.1) is 12.8 Å². The molecule has 1 saturated heterocycles. The van der Waals surface area contributed by atoms with Gasteiger partial charge in [-0.05, 0) is 31.0 Å². The summed E-state index contributed by atoms with van der Waals surface area (Å²) >= 11 is 1.38. The average molecular weight is 335 g/mol. The normalized spacial score (nSPS) is 21.8. The number of imidazole rings is 1. The van der Waals surface area contributed by atoms with Gasteiger partial charge in [0.05, 0.1) is 29.5 Å². The Hall–Kier alpha value is -1.57. The number of amides is 1. The molecule has 0 saturated carbocycles. The number of H-pyrrole nitrogens is 1. The summed E-state index contributed by atoms with van der Waals surface area (Å²) in [5.74, 6) is 0.0661. The Kier molecular flexibility index (Phi) is 4.89. The van der Waals surface area contributed by atoms with Crippen molar-refractivity contribution < 1.29 is 15.0 Å². The van der Waals surface area contributed by atoms with Gasteiger partial charge in [-0.15, -0.1) is 0 Å². The Morgan fingerprint density at radius 1 is 1.52 bits per heavy atom. The Labute approximate surface area is 138 Å². The average Bonchev–Trinajstić information content (AvgIpc) is 2.95. The first-order chi connectivity index (χ1) is 11.1. The summed E-state index contributed by atoms with van der Waals surface area (Å²) < 4.78 is 0. The molecule has 0 unspecified atom stereocenters. The minimum atomic E-state index is -0.518. The van der Waals surface area contributed by atoms with Gasteiger partial charge in [0.1, 0.15) is 0 Å². The molecular weight excluding hydrogens is 314 g/mol. The van der Waals surface area contributed by atoms with Crippen molar-refractivity contribution in [1.82, 2.24) is 14.9 Å². The number of aliphatic hydroxyl groups excluding tert-OH is 2. The summed E-state index contributed by atoms with van der Waals surface area (Å²) in [6.07, 6.45) is 0.00117. The number of likely N-dealkylation sites (tertiary alicyclic amines) is 1. The lowest BCUT2D eigenvalue weighted by atomic mass is 9.95. The van der Waals surface area contributed by atoms with Crippen LogP contribution in [0.1, 0.15) is 12.0 Å². The maximum atomic E-state index is 12.3. The number of fused-ring (bicyclic) bond motifs is 1. The molecule has 0 bridgehead atoms. The second kappa shape index (κ2) is 6.90. The number of thioether (sulfide) groups is 1. The summed E-state index contributed by atoms with van der Waals surface area (Å²) in [6, 6.07) is 6.01. The van der Waals surface area contributed by atoms with Crippen LogP contribution < -0.4 is 0 Å². The monoisotopic (exact) mass is 335 g/mol. The largest absolute Gasteiger partial charge is 0.396 e. The van der Waals surface area contributed by atoms with Gasteiger partial charge >= 0.3 is 0 Å². The molecular formula is C16H21N3O3S. The second-order valence-corrected chi connectivity index (χ2v) is 6.95. The number of hydrogen-bond acceptors (Lipinski definition) is 5. The van der Waals surface area contributed by atoms with Gasteiger partial charge < -0.3 is 20.1 Å². The molecule has 1 aliphatic heterocycles. The zero-order valence-corrected chi connectivity index (χ0v) is 13.8. The molecule has 0 aliphatic carbocycles. The third-order valence-corrected chi connectivity index (χ3v) is 5.09. The SMILES string of the molecule is Cc1ccc2nc(SCC(=O)N3CC[C@H](O)[C@H](CO)C3)[nH]c2c1. The molecule has 3 N–H and O–H groups in total. The Bertz CT molecular complexity index is 703. The van der Waals surface area contributed by atoms with E-state index in [-0.39, 0.29) is 18.4 Å². The standard InChI is InChI=1S/C16H21N3O3S/c1-10-2-3-12-13(6-10)18-16(17-12)23-9-15(22)19-5-4-14(21)11(7-19)8-20/h2-3,6,11,14,20-21H,4-5,7-9H2,1H3,(H,17,18)/t11-,14-/m0/s1. The van der Waals surface area contributed by atoms with Gasteiger partial charge in [0.2, 0.25) is 5.91 Å². The van der Waals surface area contributed by atoms with Gasteiger partial charge in [-0.1, -0.05) is 17.8 Å². The zero-order valence-electron chi connectivity index (χ0n) is 13.0.